The van der Waals surface area contributed by atoms with E-state index in [-0.39, 0.29) is 17.8 Å². The number of rotatable bonds is 6. The minimum atomic E-state index is -0.589. The molecular formula is C17H25NO5. The zero-order valence-electron chi connectivity index (χ0n) is 14.6. The highest BCUT2D eigenvalue weighted by Gasteiger charge is 2.16. The Kier molecular flexibility index (Phi) is 6.57. The molecule has 1 aromatic rings. The Morgan fingerprint density at radius 1 is 1.30 bits per heavy atom. The maximum absolute atomic E-state index is 12.5. The first-order valence-electron chi connectivity index (χ1n) is 7.43. The van der Waals surface area contributed by atoms with Gasteiger partial charge in [-0.3, -0.25) is 4.79 Å². The minimum Gasteiger partial charge on any atom is -0.491 e. The van der Waals surface area contributed by atoms with Crippen LogP contribution in [0.2, 0.25) is 0 Å². The third-order valence-corrected chi connectivity index (χ3v) is 3.03. The zero-order chi connectivity index (χ0) is 17.6. The van der Waals surface area contributed by atoms with Crippen LogP contribution in [0.15, 0.2) is 17.1 Å². The third kappa shape index (κ3) is 5.25. The smallest absolute Gasteiger partial charge is 0.331 e. The molecule has 0 atom stereocenters. The summed E-state index contributed by atoms with van der Waals surface area (Å²) in [6.07, 6.45) is 4.35. The van der Waals surface area contributed by atoms with Crippen LogP contribution in [0.25, 0.3) is 6.08 Å². The first-order chi connectivity index (χ1) is 10.7. The number of hydrogen-bond donors (Lipinski definition) is 0. The number of methoxy groups -OCH3 is 2. The summed E-state index contributed by atoms with van der Waals surface area (Å²) >= 11 is 0. The molecule has 6 heteroatoms. The summed E-state index contributed by atoms with van der Waals surface area (Å²) in [5, 5.41) is 0. The predicted molar refractivity (Wildman–Crippen MR) is 88.5 cm³/mol. The lowest BCUT2D eigenvalue weighted by Gasteiger charge is -2.18. The Labute approximate surface area is 136 Å². The maximum atomic E-state index is 12.5. The largest absolute Gasteiger partial charge is 0.491 e. The van der Waals surface area contributed by atoms with E-state index in [2.05, 4.69) is 0 Å². The normalized spacial score (nSPS) is 11.7. The summed E-state index contributed by atoms with van der Waals surface area (Å²) in [6.45, 7) is 8.19. The molecule has 0 aliphatic carbocycles. The topological polar surface area (TPSA) is 66.8 Å². The molecule has 128 valence electrons. The second-order valence-corrected chi connectivity index (χ2v) is 5.97. The Bertz CT molecular complexity index is 638. The second-order valence-electron chi connectivity index (χ2n) is 5.97. The van der Waals surface area contributed by atoms with Crippen molar-refractivity contribution < 1.29 is 19.0 Å². The third-order valence-electron chi connectivity index (χ3n) is 3.03. The number of carbonyl (C=O) groups excluding carboxylic acids is 1. The highest BCUT2D eigenvalue weighted by Crippen LogP contribution is 2.15. The van der Waals surface area contributed by atoms with Gasteiger partial charge in [-0.05, 0) is 33.8 Å². The quantitative estimate of drug-likeness (QED) is 0.594. The summed E-state index contributed by atoms with van der Waals surface area (Å²) in [6, 6.07) is 0. The van der Waals surface area contributed by atoms with Gasteiger partial charge in [-0.15, -0.1) is 0 Å². The van der Waals surface area contributed by atoms with Gasteiger partial charge in [-0.2, -0.15) is 0 Å². The number of carbonyl (C=O) groups is 1. The number of hydrogen-bond acceptors (Lipinski definition) is 5. The van der Waals surface area contributed by atoms with E-state index in [1.165, 1.54) is 19.3 Å². The summed E-state index contributed by atoms with van der Waals surface area (Å²) in [4.78, 5) is 24.3. The lowest BCUT2D eigenvalue weighted by Crippen LogP contribution is -2.23. The van der Waals surface area contributed by atoms with Gasteiger partial charge < -0.3 is 18.8 Å². The molecule has 1 heterocycles. The molecule has 0 aliphatic heterocycles. The molecule has 23 heavy (non-hydrogen) atoms. The first kappa shape index (κ1) is 19.0. The van der Waals surface area contributed by atoms with Crippen LogP contribution in [0.3, 0.4) is 0 Å². The Balaban J connectivity index is 3.32. The average Bonchev–Trinajstić information content (AvgIpc) is 2.45. The summed E-state index contributed by atoms with van der Waals surface area (Å²) in [5.41, 5.74) is 0.165. The molecule has 0 bridgehead atoms. The van der Waals surface area contributed by atoms with Crippen molar-refractivity contribution in [1.29, 1.82) is 0 Å². The molecule has 0 unspecified atom stereocenters. The van der Waals surface area contributed by atoms with Crippen LogP contribution in [0.1, 0.15) is 39.0 Å². The van der Waals surface area contributed by atoms with E-state index in [1.54, 1.807) is 34.1 Å². The SMILES string of the molecule is CCn1cc(OC)c(=O)c(/C=C/C(=O)OC(C)(C)C)c1COC. The Hall–Kier alpha value is -2.08. The van der Waals surface area contributed by atoms with E-state index < -0.39 is 11.6 Å². The zero-order valence-corrected chi connectivity index (χ0v) is 14.6. The van der Waals surface area contributed by atoms with Crippen molar-refractivity contribution in [2.24, 2.45) is 0 Å². The van der Waals surface area contributed by atoms with Gasteiger partial charge in [-0.1, -0.05) is 0 Å². The molecule has 0 aromatic carbocycles. The molecule has 1 rings (SSSR count). The molecule has 1 aromatic heterocycles. The molecule has 0 saturated heterocycles. The lowest BCUT2D eigenvalue weighted by molar-refractivity contribution is -0.148. The summed E-state index contributed by atoms with van der Waals surface area (Å²) < 4.78 is 17.4. The maximum Gasteiger partial charge on any atom is 0.331 e. The summed E-state index contributed by atoms with van der Waals surface area (Å²) in [7, 11) is 2.99. The monoisotopic (exact) mass is 323 g/mol. The molecule has 0 spiro atoms. The molecule has 0 fully saturated rings. The minimum absolute atomic E-state index is 0.218. The molecule has 0 saturated carbocycles. The molecule has 0 radical (unpaired) electrons. The first-order valence-corrected chi connectivity index (χ1v) is 7.43. The van der Waals surface area contributed by atoms with Crippen LogP contribution in [0, 0.1) is 0 Å². The fraction of sp³-hybridized carbons (Fsp3) is 0.529. The number of nitrogens with zero attached hydrogens (tertiary/aromatic N) is 1. The van der Waals surface area contributed by atoms with E-state index in [1.807, 2.05) is 11.5 Å². The highest BCUT2D eigenvalue weighted by molar-refractivity contribution is 5.87. The van der Waals surface area contributed by atoms with Crippen LogP contribution < -0.4 is 10.2 Å². The van der Waals surface area contributed by atoms with Gasteiger partial charge in [0.1, 0.15) is 5.60 Å². The van der Waals surface area contributed by atoms with Gasteiger partial charge in [0.05, 0.1) is 25.6 Å². The lowest BCUT2D eigenvalue weighted by atomic mass is 10.1. The van der Waals surface area contributed by atoms with Gasteiger partial charge in [0.2, 0.25) is 5.43 Å². The predicted octanol–water partition coefficient (Wildman–Crippen LogP) is 2.38. The van der Waals surface area contributed by atoms with Gasteiger partial charge in [0.25, 0.3) is 0 Å². The van der Waals surface area contributed by atoms with Gasteiger partial charge >= 0.3 is 5.97 Å². The van der Waals surface area contributed by atoms with Gasteiger partial charge in [-0.25, -0.2) is 4.79 Å². The van der Waals surface area contributed by atoms with Crippen LogP contribution in [-0.2, 0) is 27.4 Å². The standard InChI is InChI=1S/C17H25NO5/c1-7-18-10-14(22-6)16(20)12(13(18)11-21-5)8-9-15(19)23-17(2,3)4/h8-10H,7,11H2,1-6H3/b9-8+. The van der Waals surface area contributed by atoms with Crippen molar-refractivity contribution in [3.8, 4) is 5.75 Å². The molecule has 0 N–H and O–H groups in total. The number of ether oxygens (including phenoxy) is 3. The van der Waals surface area contributed by atoms with E-state index in [0.717, 1.165) is 0 Å². The van der Waals surface area contributed by atoms with E-state index >= 15 is 0 Å². The Morgan fingerprint density at radius 3 is 2.43 bits per heavy atom. The van der Waals surface area contributed by atoms with Crippen molar-refractivity contribution in [2.75, 3.05) is 14.2 Å². The molecule has 0 amide bonds. The molecule has 0 aliphatic rings. The highest BCUT2D eigenvalue weighted by atomic mass is 16.6. The van der Waals surface area contributed by atoms with Crippen molar-refractivity contribution >= 4 is 12.0 Å². The summed E-state index contributed by atoms with van der Waals surface area (Å²) in [5.74, 6) is -0.290. The van der Waals surface area contributed by atoms with Crippen molar-refractivity contribution in [2.45, 2.75) is 46.4 Å². The van der Waals surface area contributed by atoms with Crippen molar-refractivity contribution in [3.63, 3.8) is 0 Å². The number of aromatic nitrogens is 1. The van der Waals surface area contributed by atoms with E-state index in [0.29, 0.717) is 17.8 Å². The number of aryl methyl sites for hydroxylation is 1. The van der Waals surface area contributed by atoms with Gasteiger partial charge in [0, 0.05) is 25.3 Å². The Morgan fingerprint density at radius 2 is 1.96 bits per heavy atom. The fourth-order valence-corrected chi connectivity index (χ4v) is 2.08. The molecule has 6 nitrogen and oxygen atoms in total. The number of esters is 1. The second kappa shape index (κ2) is 7.97. The average molecular weight is 323 g/mol. The number of pyridine rings is 1. The van der Waals surface area contributed by atoms with E-state index in [9.17, 15) is 9.59 Å². The van der Waals surface area contributed by atoms with Crippen LogP contribution >= 0.6 is 0 Å². The van der Waals surface area contributed by atoms with Crippen molar-refractivity contribution in [1.82, 2.24) is 4.57 Å². The van der Waals surface area contributed by atoms with Crippen LogP contribution in [-0.4, -0.2) is 30.4 Å². The van der Waals surface area contributed by atoms with Gasteiger partial charge in [0.15, 0.2) is 5.75 Å². The van der Waals surface area contributed by atoms with Crippen molar-refractivity contribution in [3.05, 3.63) is 33.8 Å². The van der Waals surface area contributed by atoms with Crippen LogP contribution in [0.5, 0.6) is 5.75 Å². The fourth-order valence-electron chi connectivity index (χ4n) is 2.08. The molecular weight excluding hydrogens is 298 g/mol. The van der Waals surface area contributed by atoms with Crippen LogP contribution in [0.4, 0.5) is 0 Å². The van der Waals surface area contributed by atoms with E-state index in [4.69, 9.17) is 14.2 Å².